The topological polar surface area (TPSA) is 40.6 Å². The Labute approximate surface area is 190 Å². The Hall–Kier alpha value is 0.983. The zero-order valence-electron chi connectivity index (χ0n) is 19.3. The van der Waals surface area contributed by atoms with Crippen LogP contribution in [0, 0.1) is 23.7 Å². The Morgan fingerprint density at radius 2 is 0.793 bits per heavy atom. The van der Waals surface area contributed by atoms with Crippen molar-refractivity contribution in [3.8, 4) is 0 Å². The predicted octanol–water partition coefficient (Wildman–Crippen LogP) is 6.94. The summed E-state index contributed by atoms with van der Waals surface area (Å²) in [6.45, 7) is 18.5. The second-order valence-electron chi connectivity index (χ2n) is 10.3. The molecule has 2 amide bonds. The van der Waals surface area contributed by atoms with Crippen molar-refractivity contribution in [2.45, 2.75) is 63.6 Å². The molecule has 0 bridgehead atoms. The van der Waals surface area contributed by atoms with Gasteiger partial charge in [0, 0.05) is 0 Å². The maximum absolute atomic E-state index is 13.1. The van der Waals surface area contributed by atoms with Gasteiger partial charge in [0.05, 0.1) is 0 Å². The Balaban J connectivity index is 5.60. The molecule has 0 aliphatic carbocycles. The number of rotatable bonds is 12. The molecule has 0 aromatic carbocycles. The van der Waals surface area contributed by atoms with Crippen LogP contribution in [0.1, 0.15) is 55.4 Å². The van der Waals surface area contributed by atoms with Crippen LogP contribution >= 0.6 is 34.1 Å². The van der Waals surface area contributed by atoms with Crippen molar-refractivity contribution in [3.05, 3.63) is 0 Å². The summed E-state index contributed by atoms with van der Waals surface area (Å²) in [5, 5.41) is 0. The third kappa shape index (κ3) is 13.9. The van der Waals surface area contributed by atoms with Gasteiger partial charge >= 0.3 is 191 Å². The summed E-state index contributed by atoms with van der Waals surface area (Å²) in [6, 6.07) is 0. The van der Waals surface area contributed by atoms with Gasteiger partial charge in [-0.05, 0) is 0 Å². The van der Waals surface area contributed by atoms with E-state index in [1.807, 2.05) is 55.4 Å². The first-order valence-electron chi connectivity index (χ1n) is 10.5. The van der Waals surface area contributed by atoms with Gasteiger partial charge in [-0.25, -0.2) is 0 Å². The monoisotopic (exact) mass is 570 g/mol. The van der Waals surface area contributed by atoms with Crippen LogP contribution in [0.15, 0.2) is 0 Å². The molecule has 0 fully saturated rings. The molecule has 0 heterocycles. The summed E-state index contributed by atoms with van der Waals surface area (Å²) in [4.78, 5) is 29.5. The van der Waals surface area contributed by atoms with E-state index in [2.05, 4.69) is 0 Å². The van der Waals surface area contributed by atoms with Crippen molar-refractivity contribution in [2.24, 2.45) is 23.7 Å². The van der Waals surface area contributed by atoms with Crippen LogP contribution in [0.25, 0.3) is 0 Å². The standard InChI is InChI=1S/2C10H20NO.4ClH.Zr/c2*1-8(2)6-11(10(5)12)7-9(3)4;;;;;/h2*8-9H,5-7H2,1-4H3;4*1H;/q;;;;;;+4/p-4. The van der Waals surface area contributed by atoms with Crippen LogP contribution < -0.4 is 0 Å². The minimum atomic E-state index is -6.14. The van der Waals surface area contributed by atoms with Crippen LogP contribution in [-0.4, -0.2) is 47.8 Å². The summed E-state index contributed by atoms with van der Waals surface area (Å²) in [5.74, 6) is 0.536. The van der Waals surface area contributed by atoms with Crippen molar-refractivity contribution >= 4 is 45.9 Å². The number of amides is 2. The van der Waals surface area contributed by atoms with E-state index in [-0.39, 0.29) is 43.7 Å². The molecule has 0 unspecified atom stereocenters. The van der Waals surface area contributed by atoms with Crippen LogP contribution in [0.4, 0.5) is 0 Å². The minimum absolute atomic E-state index is 0.277. The molecule has 29 heavy (non-hydrogen) atoms. The molecule has 9 heteroatoms. The molecular formula is C20H40Cl4N2O2Zr. The molecule has 0 atom stereocenters. The third-order valence-electron chi connectivity index (χ3n) is 4.13. The number of carbonyl (C=O) groups excluding carboxylic acids is 2. The third-order valence-corrected chi connectivity index (χ3v) is 15.8. The fraction of sp³-hybridized carbons (Fsp3) is 0.900. The van der Waals surface area contributed by atoms with Gasteiger partial charge in [-0.3, -0.25) is 0 Å². The van der Waals surface area contributed by atoms with Gasteiger partial charge in [0.2, 0.25) is 0 Å². The normalized spacial score (nSPS) is 15.0. The van der Waals surface area contributed by atoms with Gasteiger partial charge in [0.15, 0.2) is 0 Å². The molecule has 0 aromatic rings. The van der Waals surface area contributed by atoms with Crippen molar-refractivity contribution in [3.63, 3.8) is 0 Å². The van der Waals surface area contributed by atoms with E-state index in [9.17, 15) is 9.59 Å². The number of hydrogen-bond acceptors (Lipinski definition) is 2. The zero-order valence-corrected chi connectivity index (χ0v) is 24.8. The average Bonchev–Trinajstić information content (AvgIpc) is 2.41. The molecule has 0 saturated carbocycles. The first-order valence-corrected chi connectivity index (χ1v) is 26.7. The zero-order chi connectivity index (χ0) is 23.3. The molecule has 0 saturated heterocycles. The van der Waals surface area contributed by atoms with E-state index in [4.69, 9.17) is 34.1 Å². The first-order chi connectivity index (χ1) is 12.7. The van der Waals surface area contributed by atoms with Crippen molar-refractivity contribution in [1.82, 2.24) is 9.80 Å². The molecule has 0 aliphatic rings. The molecule has 0 aliphatic heterocycles. The summed E-state index contributed by atoms with van der Waals surface area (Å²) in [5.41, 5.74) is 0. The van der Waals surface area contributed by atoms with Gasteiger partial charge < -0.3 is 0 Å². The number of carbonyl (C=O) groups is 2. The SMILES string of the molecule is CC(C)CN(CC(C)C)C(=O)[CH2][Zr]([Cl])([Cl])([Cl])([Cl])[CH2]C(=O)N(CC(C)C)CC(C)C. The van der Waals surface area contributed by atoms with Crippen LogP contribution in [0.3, 0.4) is 0 Å². The maximum atomic E-state index is 13.1. The van der Waals surface area contributed by atoms with E-state index in [1.54, 1.807) is 9.80 Å². The quantitative estimate of drug-likeness (QED) is 0.254. The Morgan fingerprint density at radius 1 is 0.586 bits per heavy atom. The molecule has 174 valence electrons. The van der Waals surface area contributed by atoms with Crippen LogP contribution in [-0.2, 0) is 22.1 Å². The summed E-state index contributed by atoms with van der Waals surface area (Å²) in [7, 11) is 26.7. The fourth-order valence-electron chi connectivity index (χ4n) is 3.28. The fourth-order valence-corrected chi connectivity index (χ4v) is 13.4. The van der Waals surface area contributed by atoms with Crippen molar-refractivity contribution in [2.75, 3.05) is 26.2 Å². The number of nitrogens with zero attached hydrogens (tertiary/aromatic N) is 2. The van der Waals surface area contributed by atoms with Gasteiger partial charge in [-0.15, -0.1) is 0 Å². The van der Waals surface area contributed by atoms with Gasteiger partial charge in [0.25, 0.3) is 0 Å². The van der Waals surface area contributed by atoms with Gasteiger partial charge in [-0.1, -0.05) is 0 Å². The molecule has 0 radical (unpaired) electrons. The van der Waals surface area contributed by atoms with E-state index in [1.165, 1.54) is 0 Å². The van der Waals surface area contributed by atoms with Gasteiger partial charge in [0.1, 0.15) is 0 Å². The van der Waals surface area contributed by atoms with Crippen LogP contribution in [0.5, 0.6) is 0 Å². The summed E-state index contributed by atoms with van der Waals surface area (Å²) >= 11 is -6.14. The molecule has 0 aromatic heterocycles. The Bertz CT molecular complexity index is 510. The van der Waals surface area contributed by atoms with Gasteiger partial charge in [-0.2, -0.15) is 0 Å². The molecule has 0 N–H and O–H groups in total. The Morgan fingerprint density at radius 3 is 0.966 bits per heavy atom. The summed E-state index contributed by atoms with van der Waals surface area (Å²) in [6.07, 6.45) is 0. The number of hydrogen-bond donors (Lipinski definition) is 0. The van der Waals surface area contributed by atoms with E-state index in [0.717, 1.165) is 0 Å². The second kappa shape index (κ2) is 10.7. The molecule has 0 spiro atoms. The second-order valence-corrected chi connectivity index (χ2v) is 53.5. The predicted molar refractivity (Wildman–Crippen MR) is 126 cm³/mol. The van der Waals surface area contributed by atoms with Crippen molar-refractivity contribution in [1.29, 1.82) is 0 Å². The van der Waals surface area contributed by atoms with E-state index in [0.29, 0.717) is 26.2 Å². The van der Waals surface area contributed by atoms with E-state index >= 15 is 0 Å². The Kier molecular flexibility index (Phi) is 11.1. The number of halogens is 4. The molecule has 0 rings (SSSR count). The van der Waals surface area contributed by atoms with E-state index < -0.39 is 12.5 Å². The van der Waals surface area contributed by atoms with Crippen LogP contribution in [0.2, 0.25) is 8.26 Å². The van der Waals surface area contributed by atoms with Crippen molar-refractivity contribution < 1.29 is 22.1 Å². The summed E-state index contributed by atoms with van der Waals surface area (Å²) < 4.78 is -0.758. The average molecular weight is 574 g/mol. The molecule has 4 nitrogen and oxygen atoms in total. The first kappa shape index (κ1) is 30.0. The molecular weight excluding hydrogens is 533 g/mol.